The van der Waals surface area contributed by atoms with Gasteiger partial charge in [-0.05, 0) is 43.2 Å². The molecule has 1 fully saturated rings. The minimum absolute atomic E-state index is 0.138. The van der Waals surface area contributed by atoms with Crippen LogP contribution in [0.25, 0.3) is 0 Å². The van der Waals surface area contributed by atoms with Gasteiger partial charge in [-0.3, -0.25) is 4.79 Å². The van der Waals surface area contributed by atoms with Crippen LogP contribution in [0.4, 0.5) is 0 Å². The molecule has 2 atom stereocenters. The van der Waals surface area contributed by atoms with Crippen molar-refractivity contribution in [3.63, 3.8) is 0 Å². The van der Waals surface area contributed by atoms with Gasteiger partial charge in [-0.2, -0.15) is 0 Å². The number of nitrogens with two attached hydrogens (primary N) is 1. The smallest absolute Gasteiger partial charge is 0.225 e. The highest BCUT2D eigenvalue weighted by atomic mass is 32.1. The molecular weight excluding hydrogens is 244 g/mol. The molecule has 1 heterocycles. The first-order valence-electron chi connectivity index (χ1n) is 6.61. The fraction of sp³-hybridized carbons (Fsp3) is 0.643. The fourth-order valence-electron chi connectivity index (χ4n) is 2.62. The Kier molecular flexibility index (Phi) is 4.40. The van der Waals surface area contributed by atoms with Gasteiger partial charge in [0.1, 0.15) is 0 Å². The Morgan fingerprint density at radius 3 is 2.94 bits per heavy atom. The zero-order valence-electron chi connectivity index (χ0n) is 11.2. The Bertz CT molecular complexity index is 416. The van der Waals surface area contributed by atoms with Crippen molar-refractivity contribution in [3.05, 3.63) is 21.9 Å². The number of rotatable bonds is 3. The quantitative estimate of drug-likeness (QED) is 0.914. The van der Waals surface area contributed by atoms with Crippen molar-refractivity contribution >= 4 is 17.2 Å². The van der Waals surface area contributed by atoms with Crippen molar-refractivity contribution in [2.24, 2.45) is 11.7 Å². The molecule has 1 amide bonds. The topological polar surface area (TPSA) is 46.3 Å². The zero-order valence-corrected chi connectivity index (χ0v) is 12.0. The molecule has 1 aromatic heterocycles. The standard InChI is InChI=1S/C14H22N2OS/c1-10-6-7-18-13(10)9-16(2)14(17)11-4-3-5-12(15)8-11/h6-7,11-12H,3-5,8-9,15H2,1-2H3. The van der Waals surface area contributed by atoms with Gasteiger partial charge in [0.15, 0.2) is 0 Å². The highest BCUT2D eigenvalue weighted by Crippen LogP contribution is 2.26. The maximum absolute atomic E-state index is 12.4. The van der Waals surface area contributed by atoms with Crippen LogP contribution in [0.5, 0.6) is 0 Å². The predicted molar refractivity (Wildman–Crippen MR) is 75.5 cm³/mol. The average Bonchev–Trinajstić information content (AvgIpc) is 2.74. The number of hydrogen-bond acceptors (Lipinski definition) is 3. The van der Waals surface area contributed by atoms with E-state index in [0.717, 1.165) is 32.2 Å². The lowest BCUT2D eigenvalue weighted by Gasteiger charge is -2.29. The number of hydrogen-bond donors (Lipinski definition) is 1. The monoisotopic (exact) mass is 266 g/mol. The first-order valence-corrected chi connectivity index (χ1v) is 7.49. The van der Waals surface area contributed by atoms with Crippen LogP contribution in [0.3, 0.4) is 0 Å². The molecule has 3 nitrogen and oxygen atoms in total. The SMILES string of the molecule is Cc1ccsc1CN(C)C(=O)C1CCCC(N)C1. The maximum Gasteiger partial charge on any atom is 0.225 e. The van der Waals surface area contributed by atoms with E-state index in [9.17, 15) is 4.79 Å². The van der Waals surface area contributed by atoms with Crippen LogP contribution in [-0.2, 0) is 11.3 Å². The summed E-state index contributed by atoms with van der Waals surface area (Å²) in [6, 6.07) is 2.32. The maximum atomic E-state index is 12.4. The summed E-state index contributed by atoms with van der Waals surface area (Å²) in [6.07, 6.45) is 4.01. The number of aryl methyl sites for hydroxylation is 1. The van der Waals surface area contributed by atoms with Gasteiger partial charge in [0.05, 0.1) is 6.54 Å². The third kappa shape index (κ3) is 3.12. The molecule has 2 N–H and O–H groups in total. The molecule has 1 aromatic rings. The van der Waals surface area contributed by atoms with Gasteiger partial charge in [-0.15, -0.1) is 11.3 Å². The van der Waals surface area contributed by atoms with Crippen LogP contribution in [0.1, 0.15) is 36.1 Å². The van der Waals surface area contributed by atoms with E-state index in [2.05, 4.69) is 18.4 Å². The second-order valence-electron chi connectivity index (χ2n) is 5.34. The molecule has 0 saturated heterocycles. The van der Waals surface area contributed by atoms with Crippen molar-refractivity contribution in [3.8, 4) is 0 Å². The number of carbonyl (C=O) groups is 1. The summed E-state index contributed by atoms with van der Waals surface area (Å²) >= 11 is 1.72. The molecule has 1 aliphatic carbocycles. The fourth-order valence-corrected chi connectivity index (χ4v) is 3.58. The van der Waals surface area contributed by atoms with Crippen LogP contribution in [0, 0.1) is 12.8 Å². The van der Waals surface area contributed by atoms with Crippen molar-refractivity contribution in [1.82, 2.24) is 4.90 Å². The molecule has 1 saturated carbocycles. The first kappa shape index (κ1) is 13.6. The van der Waals surface area contributed by atoms with Gasteiger partial charge < -0.3 is 10.6 Å². The summed E-state index contributed by atoms with van der Waals surface area (Å²) in [6.45, 7) is 2.83. The lowest BCUT2D eigenvalue weighted by Crippen LogP contribution is -2.38. The molecule has 1 aliphatic rings. The Balaban J connectivity index is 1.94. The predicted octanol–water partition coefficient (Wildman–Crippen LogP) is 2.53. The third-order valence-electron chi connectivity index (χ3n) is 3.79. The first-order chi connectivity index (χ1) is 8.58. The molecule has 2 rings (SSSR count). The van der Waals surface area contributed by atoms with Crippen LogP contribution in [0.15, 0.2) is 11.4 Å². The minimum Gasteiger partial charge on any atom is -0.340 e. The van der Waals surface area contributed by atoms with E-state index in [1.165, 1.54) is 10.4 Å². The van der Waals surface area contributed by atoms with E-state index >= 15 is 0 Å². The normalized spacial score (nSPS) is 23.9. The van der Waals surface area contributed by atoms with Crippen molar-refractivity contribution in [2.45, 2.75) is 45.2 Å². The van der Waals surface area contributed by atoms with E-state index in [4.69, 9.17) is 5.73 Å². The van der Waals surface area contributed by atoms with Gasteiger partial charge in [0.2, 0.25) is 5.91 Å². The molecule has 4 heteroatoms. The molecule has 0 aliphatic heterocycles. The number of amides is 1. The Morgan fingerprint density at radius 2 is 2.33 bits per heavy atom. The van der Waals surface area contributed by atoms with Crippen molar-refractivity contribution in [1.29, 1.82) is 0 Å². The highest BCUT2D eigenvalue weighted by molar-refractivity contribution is 7.10. The van der Waals surface area contributed by atoms with Crippen LogP contribution in [0.2, 0.25) is 0 Å². The zero-order chi connectivity index (χ0) is 13.1. The average molecular weight is 266 g/mol. The second kappa shape index (κ2) is 5.85. The van der Waals surface area contributed by atoms with E-state index in [1.54, 1.807) is 11.3 Å². The molecular formula is C14H22N2OS. The van der Waals surface area contributed by atoms with Crippen LogP contribution >= 0.6 is 11.3 Å². The highest BCUT2D eigenvalue weighted by Gasteiger charge is 2.27. The van der Waals surface area contributed by atoms with Crippen molar-refractivity contribution < 1.29 is 4.79 Å². The Hall–Kier alpha value is -0.870. The summed E-state index contributed by atoms with van der Waals surface area (Å²) in [5.41, 5.74) is 7.23. The molecule has 0 aromatic carbocycles. The molecule has 2 unspecified atom stereocenters. The van der Waals surface area contributed by atoms with Gasteiger partial charge in [-0.25, -0.2) is 0 Å². The van der Waals surface area contributed by atoms with E-state index < -0.39 is 0 Å². The second-order valence-corrected chi connectivity index (χ2v) is 6.35. The van der Waals surface area contributed by atoms with Crippen LogP contribution in [-0.4, -0.2) is 23.9 Å². The van der Waals surface area contributed by atoms with Gasteiger partial charge in [0, 0.05) is 23.9 Å². The van der Waals surface area contributed by atoms with Crippen LogP contribution < -0.4 is 5.73 Å². The lowest BCUT2D eigenvalue weighted by molar-refractivity contribution is -0.135. The Morgan fingerprint density at radius 1 is 1.56 bits per heavy atom. The molecule has 0 spiro atoms. The van der Waals surface area contributed by atoms with E-state index in [0.29, 0.717) is 0 Å². The van der Waals surface area contributed by atoms with Gasteiger partial charge in [0.25, 0.3) is 0 Å². The lowest BCUT2D eigenvalue weighted by atomic mass is 9.85. The molecule has 18 heavy (non-hydrogen) atoms. The summed E-state index contributed by atoms with van der Waals surface area (Å²) < 4.78 is 0. The number of thiophene rings is 1. The van der Waals surface area contributed by atoms with E-state index in [1.807, 2.05) is 11.9 Å². The van der Waals surface area contributed by atoms with Gasteiger partial charge >= 0.3 is 0 Å². The molecule has 100 valence electrons. The third-order valence-corrected chi connectivity index (χ3v) is 4.80. The van der Waals surface area contributed by atoms with Gasteiger partial charge in [-0.1, -0.05) is 6.42 Å². The summed E-state index contributed by atoms with van der Waals surface area (Å²) in [5.74, 6) is 0.400. The number of carbonyl (C=O) groups excluding carboxylic acids is 1. The minimum atomic E-state index is 0.138. The molecule has 0 radical (unpaired) electrons. The molecule has 0 bridgehead atoms. The summed E-state index contributed by atoms with van der Waals surface area (Å²) in [5, 5.41) is 2.08. The number of nitrogens with zero attached hydrogens (tertiary/aromatic N) is 1. The Labute approximate surface area is 113 Å². The van der Waals surface area contributed by atoms with Crippen molar-refractivity contribution in [2.75, 3.05) is 7.05 Å². The largest absolute Gasteiger partial charge is 0.340 e. The van der Waals surface area contributed by atoms with E-state index in [-0.39, 0.29) is 17.9 Å². The summed E-state index contributed by atoms with van der Waals surface area (Å²) in [7, 11) is 1.90. The summed E-state index contributed by atoms with van der Waals surface area (Å²) in [4.78, 5) is 15.5.